The van der Waals surface area contributed by atoms with Gasteiger partial charge in [-0.1, -0.05) is 22.4 Å². The van der Waals surface area contributed by atoms with Crippen LogP contribution in [0.4, 0.5) is 0 Å². The summed E-state index contributed by atoms with van der Waals surface area (Å²) in [6.45, 7) is 5.89. The van der Waals surface area contributed by atoms with E-state index in [1.807, 2.05) is 43.7 Å². The molecule has 0 unspecified atom stereocenters. The number of hydrogen-bond acceptors (Lipinski definition) is 6. The number of nitrogens with zero attached hydrogens (tertiary/aromatic N) is 5. The van der Waals surface area contributed by atoms with Gasteiger partial charge in [-0.05, 0) is 44.5 Å². The van der Waals surface area contributed by atoms with Crippen molar-refractivity contribution in [1.82, 2.24) is 25.1 Å². The van der Waals surface area contributed by atoms with Crippen molar-refractivity contribution in [2.24, 2.45) is 0 Å². The second kappa shape index (κ2) is 6.59. The van der Waals surface area contributed by atoms with E-state index in [0.717, 1.165) is 34.1 Å². The van der Waals surface area contributed by atoms with Crippen LogP contribution in [0.1, 0.15) is 40.1 Å². The average molecular weight is 349 g/mol. The van der Waals surface area contributed by atoms with Gasteiger partial charge in [-0.3, -0.25) is 0 Å². The van der Waals surface area contributed by atoms with Crippen molar-refractivity contribution < 1.29 is 9.05 Å². The number of aromatic nitrogens is 5. The summed E-state index contributed by atoms with van der Waals surface area (Å²) in [5.74, 6) is 1.95. The third-order valence-corrected chi connectivity index (χ3v) is 4.07. The minimum atomic E-state index is 0.473. The highest BCUT2D eigenvalue weighted by atomic mass is 16.5. The van der Waals surface area contributed by atoms with Crippen LogP contribution in [0.3, 0.4) is 0 Å². The molecule has 0 atom stereocenters. The predicted molar refractivity (Wildman–Crippen MR) is 94.2 cm³/mol. The van der Waals surface area contributed by atoms with Crippen LogP contribution >= 0.6 is 0 Å². The van der Waals surface area contributed by atoms with Gasteiger partial charge in [0, 0.05) is 18.2 Å². The molecule has 0 aliphatic rings. The monoisotopic (exact) mass is 349 g/mol. The Bertz CT molecular complexity index is 1030. The van der Waals surface area contributed by atoms with Crippen LogP contribution in [0.2, 0.25) is 0 Å². The molecule has 0 radical (unpaired) electrons. The van der Waals surface area contributed by atoms with Gasteiger partial charge in [0.15, 0.2) is 5.82 Å². The van der Waals surface area contributed by atoms with Crippen molar-refractivity contribution in [2.75, 3.05) is 0 Å². The largest absolute Gasteiger partial charge is 0.361 e. The van der Waals surface area contributed by atoms with Gasteiger partial charge in [0.1, 0.15) is 5.76 Å². The van der Waals surface area contributed by atoms with Gasteiger partial charge in [-0.2, -0.15) is 10.1 Å². The van der Waals surface area contributed by atoms with Crippen LogP contribution in [0.5, 0.6) is 0 Å². The minimum Gasteiger partial charge on any atom is -0.361 e. The lowest BCUT2D eigenvalue weighted by atomic mass is 10.1. The molecule has 7 heteroatoms. The van der Waals surface area contributed by atoms with E-state index in [9.17, 15) is 0 Å². The van der Waals surface area contributed by atoms with Crippen LogP contribution in [0.15, 0.2) is 45.4 Å². The Labute approximate surface area is 150 Å². The molecule has 0 fully saturated rings. The summed E-state index contributed by atoms with van der Waals surface area (Å²) in [4.78, 5) is 4.43. The van der Waals surface area contributed by atoms with Gasteiger partial charge in [0.05, 0.1) is 23.5 Å². The van der Waals surface area contributed by atoms with Gasteiger partial charge in [-0.15, -0.1) is 0 Å². The van der Waals surface area contributed by atoms with Crippen molar-refractivity contribution in [3.05, 3.63) is 76.5 Å². The van der Waals surface area contributed by atoms with Gasteiger partial charge in [0.25, 0.3) is 0 Å². The van der Waals surface area contributed by atoms with Crippen LogP contribution < -0.4 is 0 Å². The lowest BCUT2D eigenvalue weighted by Crippen LogP contribution is -1.99. The van der Waals surface area contributed by atoms with Crippen molar-refractivity contribution in [3.8, 4) is 5.69 Å². The molecule has 0 N–H and O–H groups in total. The standard InChI is InChI=1S/C19H19N5O2/c1-12-8-13(2)24(21-12)17-6-4-15(5-7-17)10-18-20-19(26-23-18)11-16-9-14(3)25-22-16/h4-9H,10-11H2,1-3H3. The summed E-state index contributed by atoms with van der Waals surface area (Å²) in [6, 6.07) is 12.1. The minimum absolute atomic E-state index is 0.473. The molecular formula is C19H19N5O2. The zero-order chi connectivity index (χ0) is 18.1. The summed E-state index contributed by atoms with van der Waals surface area (Å²) >= 11 is 0. The van der Waals surface area contributed by atoms with E-state index < -0.39 is 0 Å². The number of rotatable bonds is 5. The molecule has 0 aliphatic carbocycles. The second-order valence-electron chi connectivity index (χ2n) is 6.39. The normalized spacial score (nSPS) is 11.2. The van der Waals surface area contributed by atoms with Crippen LogP contribution in [-0.2, 0) is 12.8 Å². The van der Waals surface area contributed by atoms with E-state index in [4.69, 9.17) is 9.05 Å². The molecule has 0 amide bonds. The Hall–Kier alpha value is -3.22. The Balaban J connectivity index is 1.45. The SMILES string of the molecule is Cc1cc(C)n(-c2ccc(Cc3noc(Cc4cc(C)on4)n3)cc2)n1. The summed E-state index contributed by atoms with van der Waals surface area (Å²) in [5, 5.41) is 12.5. The first-order valence-electron chi connectivity index (χ1n) is 8.43. The first-order chi connectivity index (χ1) is 12.6. The third kappa shape index (κ3) is 3.42. The number of benzene rings is 1. The fourth-order valence-corrected chi connectivity index (χ4v) is 2.92. The van der Waals surface area contributed by atoms with Crippen LogP contribution in [-0.4, -0.2) is 25.1 Å². The first-order valence-corrected chi connectivity index (χ1v) is 8.43. The maximum absolute atomic E-state index is 5.30. The zero-order valence-electron chi connectivity index (χ0n) is 14.9. The average Bonchev–Trinajstić information content (AvgIpc) is 3.30. The highest BCUT2D eigenvalue weighted by Gasteiger charge is 2.11. The molecule has 7 nitrogen and oxygen atoms in total. The lowest BCUT2D eigenvalue weighted by Gasteiger charge is -2.05. The molecule has 4 aromatic rings. The van der Waals surface area contributed by atoms with Crippen molar-refractivity contribution >= 4 is 0 Å². The molecule has 4 rings (SSSR count). The molecular weight excluding hydrogens is 330 g/mol. The molecule has 1 aromatic carbocycles. The lowest BCUT2D eigenvalue weighted by molar-refractivity contribution is 0.368. The maximum Gasteiger partial charge on any atom is 0.232 e. The number of aryl methyl sites for hydroxylation is 3. The molecule has 3 aromatic heterocycles. The quantitative estimate of drug-likeness (QED) is 0.549. The summed E-state index contributed by atoms with van der Waals surface area (Å²) < 4.78 is 12.3. The zero-order valence-corrected chi connectivity index (χ0v) is 14.9. The molecule has 0 bridgehead atoms. The van der Waals surface area contributed by atoms with Gasteiger partial charge in [0.2, 0.25) is 5.89 Å². The Morgan fingerprint density at radius 3 is 2.38 bits per heavy atom. The van der Waals surface area contributed by atoms with E-state index >= 15 is 0 Å². The Kier molecular flexibility index (Phi) is 4.12. The Morgan fingerprint density at radius 1 is 0.923 bits per heavy atom. The smallest absolute Gasteiger partial charge is 0.232 e. The Morgan fingerprint density at radius 2 is 1.73 bits per heavy atom. The highest BCUT2D eigenvalue weighted by Crippen LogP contribution is 2.15. The van der Waals surface area contributed by atoms with E-state index in [-0.39, 0.29) is 0 Å². The second-order valence-corrected chi connectivity index (χ2v) is 6.39. The molecule has 26 heavy (non-hydrogen) atoms. The van der Waals surface area contributed by atoms with E-state index in [1.165, 1.54) is 0 Å². The molecule has 0 aliphatic heterocycles. The topological polar surface area (TPSA) is 82.8 Å². The predicted octanol–water partition coefficient (Wildman–Crippen LogP) is 3.35. The summed E-state index contributed by atoms with van der Waals surface area (Å²) in [5.41, 5.74) is 5.05. The number of hydrogen-bond donors (Lipinski definition) is 0. The summed E-state index contributed by atoms with van der Waals surface area (Å²) in [7, 11) is 0. The fourth-order valence-electron chi connectivity index (χ4n) is 2.92. The van der Waals surface area contributed by atoms with Crippen LogP contribution in [0.25, 0.3) is 5.69 Å². The highest BCUT2D eigenvalue weighted by molar-refractivity contribution is 5.36. The molecule has 0 saturated heterocycles. The van der Waals surface area contributed by atoms with Crippen molar-refractivity contribution in [3.63, 3.8) is 0 Å². The van der Waals surface area contributed by atoms with Crippen LogP contribution in [0, 0.1) is 20.8 Å². The van der Waals surface area contributed by atoms with Crippen molar-refractivity contribution in [1.29, 1.82) is 0 Å². The fraction of sp³-hybridized carbons (Fsp3) is 0.263. The maximum atomic E-state index is 5.30. The first kappa shape index (κ1) is 16.3. The molecule has 0 spiro atoms. The van der Waals surface area contributed by atoms with Gasteiger partial charge in [-0.25, -0.2) is 4.68 Å². The summed E-state index contributed by atoms with van der Waals surface area (Å²) in [6.07, 6.45) is 1.08. The van der Waals surface area contributed by atoms with E-state index in [1.54, 1.807) is 0 Å². The molecule has 132 valence electrons. The van der Waals surface area contributed by atoms with Gasteiger partial charge < -0.3 is 9.05 Å². The van der Waals surface area contributed by atoms with Gasteiger partial charge >= 0.3 is 0 Å². The van der Waals surface area contributed by atoms with Crippen molar-refractivity contribution in [2.45, 2.75) is 33.6 Å². The molecule has 0 saturated carbocycles. The third-order valence-electron chi connectivity index (χ3n) is 4.07. The van der Waals surface area contributed by atoms with E-state index in [0.29, 0.717) is 24.6 Å². The molecule has 3 heterocycles. The van der Waals surface area contributed by atoms with E-state index in [2.05, 4.69) is 38.6 Å².